The molecule has 0 aliphatic heterocycles. The molecule has 0 aromatic heterocycles. The Morgan fingerprint density at radius 2 is 1.72 bits per heavy atom. The van der Waals surface area contributed by atoms with Gasteiger partial charge >= 0.3 is 0 Å². The number of rotatable bonds is 5. The zero-order chi connectivity index (χ0) is 20.4. The molecule has 3 rings (SSSR count). The molecule has 0 heterocycles. The van der Waals surface area contributed by atoms with Crippen molar-refractivity contribution in [2.45, 2.75) is 13.8 Å². The first-order valence-corrected chi connectivity index (χ1v) is 9.14. The molecule has 3 aromatic rings. The summed E-state index contributed by atoms with van der Waals surface area (Å²) in [5.74, 6) is 0. The number of carbonyl (C=O) groups excluding carboxylic acids is 1. The minimum absolute atomic E-state index is 0. The van der Waals surface area contributed by atoms with Crippen LogP contribution in [0.1, 0.15) is 18.1 Å². The summed E-state index contributed by atoms with van der Waals surface area (Å²) in [4.78, 5) is 8.92. The van der Waals surface area contributed by atoms with Crippen molar-refractivity contribution in [3.63, 3.8) is 0 Å². The van der Waals surface area contributed by atoms with Crippen molar-refractivity contribution in [1.82, 2.24) is 0 Å². The van der Waals surface area contributed by atoms with Crippen LogP contribution in [0.5, 0.6) is 0 Å². The van der Waals surface area contributed by atoms with Crippen molar-refractivity contribution in [2.75, 3.05) is 6.61 Å². The smallest absolute Gasteiger partial charge is 0.145 e. The van der Waals surface area contributed by atoms with Gasteiger partial charge < -0.3 is 9.90 Å². The Hall–Kier alpha value is -2.70. The third-order valence-corrected chi connectivity index (χ3v) is 4.39. The third kappa shape index (κ3) is 6.69. The maximum atomic E-state index is 8.92. The van der Waals surface area contributed by atoms with Crippen LogP contribution in [0, 0.1) is 13.0 Å². The molecule has 0 radical (unpaired) electrons. The molecule has 0 fully saturated rings. The van der Waals surface area contributed by atoms with E-state index in [0.29, 0.717) is 6.29 Å². The monoisotopic (exact) mass is 421 g/mol. The molecule has 0 saturated heterocycles. The van der Waals surface area contributed by atoms with E-state index in [9.17, 15) is 0 Å². The molecule has 0 unspecified atom stereocenters. The van der Waals surface area contributed by atoms with Crippen LogP contribution in [-0.4, -0.2) is 18.0 Å². The standard InChI is InChI=1S/C24H21.C2H4O2.Cr/c1-4-6-9-19(5-2)20-12-14-21(15-13-20)23-16-18(3)24-11-8-7-10-22(24)17-23;3-1-2-4;/h5-17H,1H2,2-3H3;1,4H,2H2;/q-1;;/b9-6-,19-5+;;. The van der Waals surface area contributed by atoms with E-state index in [4.69, 9.17) is 9.90 Å². The van der Waals surface area contributed by atoms with E-state index in [1.165, 1.54) is 38.6 Å². The van der Waals surface area contributed by atoms with Gasteiger partial charge in [-0.1, -0.05) is 60.7 Å². The second-order valence-corrected chi connectivity index (χ2v) is 6.22. The molecule has 0 bridgehead atoms. The van der Waals surface area contributed by atoms with E-state index < -0.39 is 0 Å². The molecule has 0 aliphatic carbocycles. The second kappa shape index (κ2) is 12.7. The van der Waals surface area contributed by atoms with Gasteiger partial charge in [-0.15, -0.1) is 5.57 Å². The Morgan fingerprint density at radius 3 is 2.31 bits per heavy atom. The summed E-state index contributed by atoms with van der Waals surface area (Å²) in [6.07, 6.45) is 9.20. The summed E-state index contributed by atoms with van der Waals surface area (Å²) in [7, 11) is 0. The average Bonchev–Trinajstić information content (AvgIpc) is 2.75. The predicted molar refractivity (Wildman–Crippen MR) is 119 cm³/mol. The molecule has 0 spiro atoms. The number of aryl methyl sites for hydroxylation is 1. The van der Waals surface area contributed by atoms with Gasteiger partial charge in [-0.05, 0) is 52.9 Å². The quantitative estimate of drug-likeness (QED) is 0.315. The average molecular weight is 421 g/mol. The zero-order valence-electron chi connectivity index (χ0n) is 16.8. The number of fused-ring (bicyclic) bond motifs is 1. The van der Waals surface area contributed by atoms with Crippen LogP contribution in [0.3, 0.4) is 0 Å². The van der Waals surface area contributed by atoms with Crippen molar-refractivity contribution in [1.29, 1.82) is 0 Å². The Bertz CT molecular complexity index is 999. The van der Waals surface area contributed by atoms with Crippen LogP contribution in [-0.2, 0) is 22.2 Å². The summed E-state index contributed by atoms with van der Waals surface area (Å²) in [5, 5.41) is 10.1. The SMILES string of the molecule is C=[C-]/C=C\C(=C/C)c1ccc(-c2cc(C)c3ccccc3c2)cc1.O=CCO.[Cr]. The van der Waals surface area contributed by atoms with Crippen LogP contribution in [0.25, 0.3) is 27.5 Å². The van der Waals surface area contributed by atoms with Crippen LogP contribution >= 0.6 is 0 Å². The molecular formula is C26H25CrO2-. The topological polar surface area (TPSA) is 37.3 Å². The minimum atomic E-state index is -0.361. The Balaban J connectivity index is 0.000000771. The van der Waals surface area contributed by atoms with E-state index in [2.05, 4.69) is 86.3 Å². The second-order valence-electron chi connectivity index (χ2n) is 6.22. The Morgan fingerprint density at radius 1 is 1.07 bits per heavy atom. The van der Waals surface area contributed by atoms with Crippen molar-refractivity contribution in [3.8, 4) is 11.1 Å². The zero-order valence-corrected chi connectivity index (χ0v) is 18.0. The van der Waals surface area contributed by atoms with Gasteiger partial charge in [0.15, 0.2) is 0 Å². The van der Waals surface area contributed by atoms with Gasteiger partial charge in [0, 0.05) is 17.4 Å². The largest absolute Gasteiger partial charge is 0.389 e. The first kappa shape index (κ1) is 24.3. The van der Waals surface area contributed by atoms with E-state index in [1.54, 1.807) is 0 Å². The fraction of sp³-hybridized carbons (Fsp3) is 0.115. The molecule has 0 amide bonds. The number of allylic oxidation sites excluding steroid dienone is 5. The van der Waals surface area contributed by atoms with Gasteiger partial charge in [0.25, 0.3) is 0 Å². The number of aldehydes is 1. The summed E-state index contributed by atoms with van der Waals surface area (Å²) >= 11 is 0. The number of benzene rings is 3. The summed E-state index contributed by atoms with van der Waals surface area (Å²) in [5.41, 5.74) is 6.18. The van der Waals surface area contributed by atoms with Crippen LogP contribution in [0.2, 0.25) is 0 Å². The Labute approximate surface area is 184 Å². The molecule has 148 valence electrons. The number of carbonyl (C=O) groups is 1. The number of hydrogen-bond acceptors (Lipinski definition) is 2. The molecular weight excluding hydrogens is 396 g/mol. The van der Waals surface area contributed by atoms with Gasteiger partial charge in [-0.3, -0.25) is 6.08 Å². The number of aliphatic hydroxyl groups excluding tert-OH is 1. The molecule has 2 nitrogen and oxygen atoms in total. The minimum Gasteiger partial charge on any atom is -0.389 e. The first-order chi connectivity index (χ1) is 13.6. The molecule has 3 aromatic carbocycles. The van der Waals surface area contributed by atoms with E-state index >= 15 is 0 Å². The van der Waals surface area contributed by atoms with E-state index in [0.717, 1.165) is 0 Å². The van der Waals surface area contributed by atoms with E-state index in [1.807, 2.05) is 19.1 Å². The van der Waals surface area contributed by atoms with Crippen molar-refractivity contribution in [3.05, 3.63) is 103 Å². The van der Waals surface area contributed by atoms with Gasteiger partial charge in [0.1, 0.15) is 6.29 Å². The number of hydrogen-bond donors (Lipinski definition) is 1. The van der Waals surface area contributed by atoms with Crippen LogP contribution in [0.4, 0.5) is 0 Å². The molecule has 0 atom stereocenters. The summed E-state index contributed by atoms with van der Waals surface area (Å²) < 4.78 is 0. The number of aliphatic hydroxyl groups is 1. The predicted octanol–water partition coefficient (Wildman–Crippen LogP) is 5.94. The van der Waals surface area contributed by atoms with Crippen molar-refractivity contribution in [2.24, 2.45) is 0 Å². The normalized spacial score (nSPS) is 10.8. The van der Waals surface area contributed by atoms with Gasteiger partial charge in [-0.25, -0.2) is 12.2 Å². The molecule has 29 heavy (non-hydrogen) atoms. The molecule has 1 N–H and O–H groups in total. The molecule has 0 saturated carbocycles. The van der Waals surface area contributed by atoms with Crippen molar-refractivity contribution < 1.29 is 27.3 Å². The maximum Gasteiger partial charge on any atom is 0.145 e. The first-order valence-electron chi connectivity index (χ1n) is 9.14. The maximum absolute atomic E-state index is 8.92. The summed E-state index contributed by atoms with van der Waals surface area (Å²) in [6, 6.07) is 21.8. The van der Waals surface area contributed by atoms with Gasteiger partial charge in [0.2, 0.25) is 0 Å². The Kier molecular flexibility index (Phi) is 10.7. The van der Waals surface area contributed by atoms with E-state index in [-0.39, 0.29) is 24.0 Å². The van der Waals surface area contributed by atoms with Crippen LogP contribution < -0.4 is 0 Å². The van der Waals surface area contributed by atoms with Gasteiger partial charge in [-0.2, -0.15) is 6.58 Å². The molecule has 0 aliphatic rings. The van der Waals surface area contributed by atoms with Crippen molar-refractivity contribution >= 4 is 22.6 Å². The fourth-order valence-corrected chi connectivity index (χ4v) is 3.03. The fourth-order valence-electron chi connectivity index (χ4n) is 3.03. The molecule has 3 heteroatoms. The third-order valence-electron chi connectivity index (χ3n) is 4.39. The summed E-state index contributed by atoms with van der Waals surface area (Å²) in [6.45, 7) is 7.47. The van der Waals surface area contributed by atoms with Crippen LogP contribution in [0.15, 0.2) is 85.5 Å². The van der Waals surface area contributed by atoms with Gasteiger partial charge in [0.05, 0.1) is 6.61 Å².